The minimum atomic E-state index is -0.968. The number of carbonyl (C=O) groups excluding carboxylic acids is 2. The van der Waals surface area contributed by atoms with Crippen LogP contribution in [0.25, 0.3) is 16.5 Å². The number of piperazine rings is 1. The van der Waals surface area contributed by atoms with E-state index in [4.69, 9.17) is 40.5 Å². The van der Waals surface area contributed by atoms with Crippen molar-refractivity contribution in [3.8, 4) is 17.8 Å². The summed E-state index contributed by atoms with van der Waals surface area (Å²) in [6.07, 6.45) is 4.28. The third-order valence-corrected chi connectivity index (χ3v) is 13.7. The lowest BCUT2D eigenvalue weighted by molar-refractivity contribution is 0.00542. The van der Waals surface area contributed by atoms with Crippen molar-refractivity contribution in [1.82, 2.24) is 19.8 Å². The summed E-state index contributed by atoms with van der Waals surface area (Å²) in [5.41, 5.74) is -1.05. The van der Waals surface area contributed by atoms with E-state index < -0.39 is 47.0 Å². The maximum atomic E-state index is 17.8. The van der Waals surface area contributed by atoms with Crippen LogP contribution in [0.5, 0.6) is 11.8 Å². The number of benzene rings is 1. The number of allylic oxidation sites excluding steroid dienone is 1. The van der Waals surface area contributed by atoms with Gasteiger partial charge in [-0.2, -0.15) is 15.2 Å². The summed E-state index contributed by atoms with van der Waals surface area (Å²) in [7, 11) is 0. The zero-order valence-corrected chi connectivity index (χ0v) is 35.6. The standard InChI is InChI=1S/C42H48ClF2N7O6S/c1-40(2,3)57-38(53)49-36-24(16-46)28-23(9-7-10-27(28)59-36)29-31(43)34-30-33(32(29)45)47-37(56-20-42-13-8-14-50(42)17-21(44)15-42)48-35(30)51-18-22-11-12-25(26(51)19-55-34)52(22)39(54)58-41(4,5)6/h9,21-22,25-26H,7-8,10-15,17-20H2,1-6H3,(H,49,53)/t21-,22-,25+,26-,42+/m1/s1. The molecule has 2 bridgehead atoms. The van der Waals surface area contributed by atoms with Gasteiger partial charge in [-0.3, -0.25) is 15.1 Å². The monoisotopic (exact) mass is 851 g/mol. The van der Waals surface area contributed by atoms with Gasteiger partial charge in [0.15, 0.2) is 11.6 Å². The molecule has 2 amide bonds. The van der Waals surface area contributed by atoms with E-state index >= 15 is 4.39 Å². The average molecular weight is 852 g/mol. The van der Waals surface area contributed by atoms with Crippen molar-refractivity contribution in [2.45, 2.75) is 128 Å². The number of anilines is 2. The molecule has 0 unspecified atom stereocenters. The molecule has 1 aliphatic carbocycles. The smallest absolute Gasteiger partial charge is 0.412 e. The summed E-state index contributed by atoms with van der Waals surface area (Å²) < 4.78 is 56.9. The maximum Gasteiger partial charge on any atom is 0.412 e. The fraction of sp³-hybridized carbons (Fsp3) is 0.595. The molecular weight excluding hydrogens is 804 g/mol. The zero-order valence-electron chi connectivity index (χ0n) is 34.0. The second-order valence-corrected chi connectivity index (χ2v) is 19.9. The summed E-state index contributed by atoms with van der Waals surface area (Å²) in [5.74, 6) is -0.193. The third kappa shape index (κ3) is 6.90. The van der Waals surface area contributed by atoms with Crippen LogP contribution in [-0.2, 0) is 15.9 Å². The number of nitrogens with one attached hydrogen (secondary N) is 1. The lowest BCUT2D eigenvalue weighted by Gasteiger charge is -2.46. The number of amides is 2. The second-order valence-electron chi connectivity index (χ2n) is 18.5. The highest BCUT2D eigenvalue weighted by atomic mass is 35.5. The first-order chi connectivity index (χ1) is 27.9. The molecule has 4 saturated heterocycles. The number of thiophene rings is 1. The number of halogens is 3. The molecule has 3 aromatic rings. The molecular formula is C42H48ClF2N7O6S. The highest BCUT2D eigenvalue weighted by Gasteiger charge is 2.53. The molecule has 5 atom stereocenters. The molecule has 0 radical (unpaired) electrons. The number of hydrogen-bond donors (Lipinski definition) is 1. The molecule has 4 fully saturated rings. The van der Waals surface area contributed by atoms with Gasteiger partial charge in [0.1, 0.15) is 53.0 Å². The Labute approximate surface area is 350 Å². The van der Waals surface area contributed by atoms with Crippen LogP contribution in [0.4, 0.5) is 29.2 Å². The van der Waals surface area contributed by atoms with Crippen molar-refractivity contribution in [3.63, 3.8) is 0 Å². The van der Waals surface area contributed by atoms with Gasteiger partial charge in [-0.25, -0.2) is 18.4 Å². The van der Waals surface area contributed by atoms with Gasteiger partial charge >= 0.3 is 18.2 Å². The summed E-state index contributed by atoms with van der Waals surface area (Å²) in [5, 5.41) is 13.8. The summed E-state index contributed by atoms with van der Waals surface area (Å²) >= 11 is 8.55. The van der Waals surface area contributed by atoms with Crippen LogP contribution in [-0.4, -0.2) is 106 Å². The van der Waals surface area contributed by atoms with E-state index in [1.54, 1.807) is 20.8 Å². The number of carbonyl (C=O) groups is 2. The lowest BCUT2D eigenvalue weighted by atomic mass is 9.88. The Morgan fingerprint density at radius 2 is 1.90 bits per heavy atom. The van der Waals surface area contributed by atoms with E-state index in [2.05, 4.69) is 21.2 Å². The van der Waals surface area contributed by atoms with Crippen LogP contribution < -0.4 is 19.7 Å². The number of hydrogen-bond acceptors (Lipinski definition) is 12. The Balaban J connectivity index is 1.17. The summed E-state index contributed by atoms with van der Waals surface area (Å²) in [6.45, 7) is 12.5. The topological polar surface area (TPSA) is 142 Å². The Bertz CT molecular complexity index is 2340. The van der Waals surface area contributed by atoms with Crippen molar-refractivity contribution in [2.75, 3.05) is 43.1 Å². The molecule has 59 heavy (non-hydrogen) atoms. The first-order valence-electron chi connectivity index (χ1n) is 20.4. The van der Waals surface area contributed by atoms with Gasteiger partial charge < -0.3 is 23.8 Å². The Morgan fingerprint density at radius 1 is 1.12 bits per heavy atom. The molecule has 0 spiro atoms. The number of nitriles is 1. The van der Waals surface area contributed by atoms with E-state index in [-0.39, 0.29) is 69.1 Å². The second kappa shape index (κ2) is 14.3. The van der Waals surface area contributed by atoms with Gasteiger partial charge in [0.05, 0.1) is 39.6 Å². The first kappa shape index (κ1) is 40.0. The quantitative estimate of drug-likeness (QED) is 0.265. The van der Waals surface area contributed by atoms with Gasteiger partial charge in [0.2, 0.25) is 0 Å². The van der Waals surface area contributed by atoms with Crippen molar-refractivity contribution < 1.29 is 37.3 Å². The zero-order chi connectivity index (χ0) is 41.8. The van der Waals surface area contributed by atoms with Crippen molar-refractivity contribution in [1.29, 1.82) is 5.26 Å². The average Bonchev–Trinajstić information content (AvgIpc) is 3.85. The number of aryl methyl sites for hydroxylation is 1. The molecule has 13 nitrogen and oxygen atoms in total. The molecule has 0 saturated carbocycles. The molecule has 1 aromatic carbocycles. The highest BCUT2D eigenvalue weighted by molar-refractivity contribution is 7.16. The van der Waals surface area contributed by atoms with E-state index in [9.17, 15) is 19.2 Å². The fourth-order valence-corrected chi connectivity index (χ4v) is 11.5. The molecule has 314 valence electrons. The van der Waals surface area contributed by atoms with Gasteiger partial charge in [-0.15, -0.1) is 11.3 Å². The SMILES string of the molecule is CC(C)(C)OC(=O)Nc1sc2c(c1C#N)C(c1c(Cl)c3c4c(nc(OC[C@@]56CCCN5C[C@H](F)C6)nc4c1F)N1C[C@H]4CC[C@@H]([C@H]1CO3)N4C(=O)OC(C)(C)C)=CCC2. The molecule has 9 rings (SSSR count). The van der Waals surface area contributed by atoms with Crippen LogP contribution in [0.15, 0.2) is 6.08 Å². The van der Waals surface area contributed by atoms with Gasteiger partial charge in [-0.05, 0) is 92.2 Å². The van der Waals surface area contributed by atoms with E-state index in [0.29, 0.717) is 55.7 Å². The number of ether oxygens (including phenoxy) is 4. The van der Waals surface area contributed by atoms with Crippen molar-refractivity contribution in [2.24, 2.45) is 0 Å². The largest absolute Gasteiger partial charge is 0.489 e. The molecule has 5 aliphatic heterocycles. The molecule has 1 N–H and O–H groups in total. The minimum Gasteiger partial charge on any atom is -0.489 e. The molecule has 17 heteroatoms. The number of nitrogens with zero attached hydrogens (tertiary/aromatic N) is 6. The Kier molecular flexibility index (Phi) is 9.71. The van der Waals surface area contributed by atoms with Gasteiger partial charge in [-0.1, -0.05) is 17.7 Å². The number of rotatable bonds is 5. The molecule has 2 aromatic heterocycles. The number of aromatic nitrogens is 2. The highest BCUT2D eigenvalue weighted by Crippen LogP contribution is 2.53. The van der Waals surface area contributed by atoms with Gasteiger partial charge in [0.25, 0.3) is 0 Å². The minimum absolute atomic E-state index is 0.00256. The van der Waals surface area contributed by atoms with E-state index in [1.165, 1.54) is 11.3 Å². The van der Waals surface area contributed by atoms with Crippen LogP contribution in [0.3, 0.4) is 0 Å². The number of alkyl halides is 1. The van der Waals surface area contributed by atoms with Crippen LogP contribution in [0, 0.1) is 17.1 Å². The third-order valence-electron chi connectivity index (χ3n) is 12.2. The van der Waals surface area contributed by atoms with Gasteiger partial charge in [0, 0.05) is 35.5 Å². The van der Waals surface area contributed by atoms with Crippen molar-refractivity contribution in [3.05, 3.63) is 38.5 Å². The normalized spacial score (nSPS) is 26.0. The Hall–Kier alpha value is -4.46. The van der Waals surface area contributed by atoms with Crippen LogP contribution in [0.2, 0.25) is 5.02 Å². The maximum absolute atomic E-state index is 17.8. The van der Waals surface area contributed by atoms with Crippen molar-refractivity contribution >= 4 is 62.4 Å². The fourth-order valence-electron chi connectivity index (χ4n) is 9.99. The molecule has 6 aliphatic rings. The lowest BCUT2D eigenvalue weighted by Crippen LogP contribution is -2.63. The molecule has 7 heterocycles. The Morgan fingerprint density at radius 3 is 2.64 bits per heavy atom. The van der Waals surface area contributed by atoms with E-state index in [1.807, 2.05) is 31.7 Å². The summed E-state index contributed by atoms with van der Waals surface area (Å²) in [4.78, 5) is 43.0. The predicted molar refractivity (Wildman–Crippen MR) is 219 cm³/mol. The van der Waals surface area contributed by atoms with Crippen LogP contribution >= 0.6 is 22.9 Å². The number of fused-ring (bicyclic) bond motifs is 7. The summed E-state index contributed by atoms with van der Waals surface area (Å²) in [6, 6.07) is 1.26. The first-order valence-corrected chi connectivity index (χ1v) is 21.6. The van der Waals surface area contributed by atoms with Crippen LogP contribution in [0.1, 0.15) is 102 Å². The van der Waals surface area contributed by atoms with E-state index in [0.717, 1.165) is 30.7 Å². The predicted octanol–water partition coefficient (Wildman–Crippen LogP) is 8.38.